The first-order valence-corrected chi connectivity index (χ1v) is 10.4. The summed E-state index contributed by atoms with van der Waals surface area (Å²) in [6.45, 7) is 1.15. The molecule has 0 unspecified atom stereocenters. The summed E-state index contributed by atoms with van der Waals surface area (Å²) < 4.78 is 23.2. The van der Waals surface area contributed by atoms with Crippen molar-refractivity contribution in [3.05, 3.63) is 54.1 Å². The summed E-state index contributed by atoms with van der Waals surface area (Å²) >= 11 is 0. The molecule has 0 bridgehead atoms. The molecule has 5 nitrogen and oxygen atoms in total. The van der Waals surface area contributed by atoms with Crippen molar-refractivity contribution >= 4 is 15.7 Å². The molecule has 1 heterocycles. The van der Waals surface area contributed by atoms with Crippen LogP contribution in [0, 0.1) is 17.2 Å². The van der Waals surface area contributed by atoms with Crippen LogP contribution in [0.4, 0.5) is 0 Å². The lowest BCUT2D eigenvalue weighted by Gasteiger charge is -2.29. The van der Waals surface area contributed by atoms with E-state index >= 15 is 0 Å². The predicted octanol–water partition coefficient (Wildman–Crippen LogP) is 3.13. The van der Waals surface area contributed by atoms with E-state index in [4.69, 9.17) is 5.26 Å². The Labute approximate surface area is 153 Å². The molecular formula is C20H20N2O3S. The van der Waals surface area contributed by atoms with Crippen LogP contribution in [-0.2, 0) is 9.84 Å². The standard InChI is InChI=1S/C20H20N2O3S/c1-26(24,25)19-9-7-16(8-10-19)17-5-2-6-18(12-17)20(23)22-11-3-4-15(13-21)14-22/h2,5-10,12,15H,3-4,11,14H2,1H3/t15-/m0/s1. The van der Waals surface area contributed by atoms with Gasteiger partial charge in [0.05, 0.1) is 16.9 Å². The molecule has 26 heavy (non-hydrogen) atoms. The maximum Gasteiger partial charge on any atom is 0.253 e. The number of amides is 1. The third-order valence-corrected chi connectivity index (χ3v) is 5.74. The Kier molecular flexibility index (Phi) is 5.10. The van der Waals surface area contributed by atoms with Gasteiger partial charge in [0.2, 0.25) is 0 Å². The van der Waals surface area contributed by atoms with Crippen molar-refractivity contribution in [3.8, 4) is 17.2 Å². The van der Waals surface area contributed by atoms with Crippen LogP contribution in [-0.4, -0.2) is 38.6 Å². The van der Waals surface area contributed by atoms with Crippen molar-refractivity contribution in [2.24, 2.45) is 5.92 Å². The summed E-state index contributed by atoms with van der Waals surface area (Å²) in [5, 5.41) is 9.10. The Bertz CT molecular complexity index is 959. The van der Waals surface area contributed by atoms with E-state index in [0.29, 0.717) is 18.7 Å². The summed E-state index contributed by atoms with van der Waals surface area (Å²) in [5.74, 6) is -0.168. The molecule has 1 fully saturated rings. The summed E-state index contributed by atoms with van der Waals surface area (Å²) in [6.07, 6.45) is 2.86. The molecule has 134 valence electrons. The van der Waals surface area contributed by atoms with Crippen molar-refractivity contribution < 1.29 is 13.2 Å². The molecule has 1 amide bonds. The van der Waals surface area contributed by atoms with Gasteiger partial charge in [0.1, 0.15) is 0 Å². The molecule has 2 aromatic carbocycles. The van der Waals surface area contributed by atoms with Crippen LogP contribution in [0.2, 0.25) is 0 Å². The number of rotatable bonds is 3. The molecule has 2 aromatic rings. The van der Waals surface area contributed by atoms with Crippen molar-refractivity contribution in [2.75, 3.05) is 19.3 Å². The minimum atomic E-state index is -3.23. The highest BCUT2D eigenvalue weighted by atomic mass is 32.2. The summed E-state index contributed by atoms with van der Waals surface area (Å²) in [4.78, 5) is 14.8. The van der Waals surface area contributed by atoms with Crippen LogP contribution < -0.4 is 0 Å². The molecule has 0 aliphatic carbocycles. The van der Waals surface area contributed by atoms with Gasteiger partial charge in [0, 0.05) is 24.9 Å². The normalized spacial score (nSPS) is 17.5. The van der Waals surface area contributed by atoms with Gasteiger partial charge in [-0.1, -0.05) is 24.3 Å². The molecular weight excluding hydrogens is 348 g/mol. The maximum absolute atomic E-state index is 12.8. The molecule has 1 saturated heterocycles. The van der Waals surface area contributed by atoms with E-state index in [9.17, 15) is 13.2 Å². The number of piperidine rings is 1. The zero-order valence-electron chi connectivity index (χ0n) is 14.6. The monoisotopic (exact) mass is 368 g/mol. The van der Waals surface area contributed by atoms with Gasteiger partial charge in [-0.2, -0.15) is 5.26 Å². The van der Waals surface area contributed by atoms with Crippen molar-refractivity contribution in [1.82, 2.24) is 4.90 Å². The van der Waals surface area contributed by atoms with Gasteiger partial charge in [-0.15, -0.1) is 0 Å². The number of sulfone groups is 1. The van der Waals surface area contributed by atoms with Gasteiger partial charge in [0.15, 0.2) is 9.84 Å². The largest absolute Gasteiger partial charge is 0.337 e. The number of nitrogens with zero attached hydrogens (tertiary/aromatic N) is 2. The topological polar surface area (TPSA) is 78.2 Å². The molecule has 1 aliphatic rings. The fourth-order valence-electron chi connectivity index (χ4n) is 3.18. The third-order valence-electron chi connectivity index (χ3n) is 4.62. The lowest BCUT2D eigenvalue weighted by molar-refractivity contribution is 0.0699. The summed E-state index contributed by atoms with van der Waals surface area (Å²) in [7, 11) is -3.23. The average molecular weight is 368 g/mol. The Morgan fingerprint density at radius 3 is 2.54 bits per heavy atom. The molecule has 3 rings (SSSR count). The first-order chi connectivity index (χ1) is 12.4. The van der Waals surface area contributed by atoms with E-state index in [1.807, 2.05) is 18.2 Å². The van der Waals surface area contributed by atoms with E-state index in [-0.39, 0.29) is 16.7 Å². The van der Waals surface area contributed by atoms with Crippen molar-refractivity contribution in [2.45, 2.75) is 17.7 Å². The van der Waals surface area contributed by atoms with Crippen LogP contribution >= 0.6 is 0 Å². The number of carbonyl (C=O) groups is 1. The molecule has 0 N–H and O–H groups in total. The Hall–Kier alpha value is -2.65. The highest BCUT2D eigenvalue weighted by Gasteiger charge is 2.24. The van der Waals surface area contributed by atoms with Crippen LogP contribution in [0.1, 0.15) is 23.2 Å². The highest BCUT2D eigenvalue weighted by Crippen LogP contribution is 2.24. The molecule has 1 atom stereocenters. The molecule has 0 radical (unpaired) electrons. The summed E-state index contributed by atoms with van der Waals surface area (Å²) in [6, 6.07) is 16.2. The Balaban J connectivity index is 1.84. The number of nitriles is 1. The van der Waals surface area contributed by atoms with Gasteiger partial charge in [-0.3, -0.25) is 4.79 Å². The van der Waals surface area contributed by atoms with E-state index in [2.05, 4.69) is 6.07 Å². The van der Waals surface area contributed by atoms with Gasteiger partial charge >= 0.3 is 0 Å². The van der Waals surface area contributed by atoms with E-state index < -0.39 is 9.84 Å². The molecule has 0 aromatic heterocycles. The maximum atomic E-state index is 12.8. The second kappa shape index (κ2) is 7.30. The molecule has 0 spiro atoms. The van der Waals surface area contributed by atoms with Crippen LogP contribution in [0.25, 0.3) is 11.1 Å². The minimum Gasteiger partial charge on any atom is -0.337 e. The molecule has 1 aliphatic heterocycles. The minimum absolute atomic E-state index is 0.0699. The van der Waals surface area contributed by atoms with Crippen LogP contribution in [0.5, 0.6) is 0 Å². The zero-order chi connectivity index (χ0) is 18.7. The summed E-state index contributed by atoms with van der Waals surface area (Å²) in [5.41, 5.74) is 2.28. The Morgan fingerprint density at radius 1 is 1.15 bits per heavy atom. The quantitative estimate of drug-likeness (QED) is 0.834. The number of carbonyl (C=O) groups excluding carboxylic acids is 1. The SMILES string of the molecule is CS(=O)(=O)c1ccc(-c2cccc(C(=O)N3CCC[C@@H](C#N)C3)c2)cc1. The van der Waals surface area contributed by atoms with Crippen molar-refractivity contribution in [3.63, 3.8) is 0 Å². The van der Waals surface area contributed by atoms with Gasteiger partial charge in [0.25, 0.3) is 5.91 Å². The van der Waals surface area contributed by atoms with E-state index in [1.54, 1.807) is 35.2 Å². The number of hydrogen-bond acceptors (Lipinski definition) is 4. The number of hydrogen-bond donors (Lipinski definition) is 0. The lowest BCUT2D eigenvalue weighted by Crippen LogP contribution is -2.39. The van der Waals surface area contributed by atoms with Crippen LogP contribution in [0.15, 0.2) is 53.4 Å². The smallest absolute Gasteiger partial charge is 0.253 e. The van der Waals surface area contributed by atoms with E-state index in [1.165, 1.54) is 6.26 Å². The Morgan fingerprint density at radius 2 is 1.88 bits per heavy atom. The number of likely N-dealkylation sites (tertiary alicyclic amines) is 1. The third kappa shape index (κ3) is 3.94. The fourth-order valence-corrected chi connectivity index (χ4v) is 3.81. The van der Waals surface area contributed by atoms with Crippen molar-refractivity contribution in [1.29, 1.82) is 5.26 Å². The fraction of sp³-hybridized carbons (Fsp3) is 0.300. The zero-order valence-corrected chi connectivity index (χ0v) is 15.4. The predicted molar refractivity (Wildman–Crippen MR) is 99.2 cm³/mol. The molecule has 0 saturated carbocycles. The second-order valence-electron chi connectivity index (χ2n) is 6.60. The van der Waals surface area contributed by atoms with Crippen LogP contribution in [0.3, 0.4) is 0 Å². The molecule has 6 heteroatoms. The first-order valence-electron chi connectivity index (χ1n) is 8.48. The van der Waals surface area contributed by atoms with E-state index in [0.717, 1.165) is 24.0 Å². The number of benzene rings is 2. The first kappa shape index (κ1) is 18.2. The van der Waals surface area contributed by atoms with Gasteiger partial charge in [-0.05, 0) is 48.2 Å². The van der Waals surface area contributed by atoms with Gasteiger partial charge in [-0.25, -0.2) is 8.42 Å². The van der Waals surface area contributed by atoms with Gasteiger partial charge < -0.3 is 4.90 Å². The lowest BCUT2D eigenvalue weighted by atomic mass is 9.98. The highest BCUT2D eigenvalue weighted by molar-refractivity contribution is 7.90. The average Bonchev–Trinajstić information content (AvgIpc) is 2.67. The second-order valence-corrected chi connectivity index (χ2v) is 8.61.